The summed E-state index contributed by atoms with van der Waals surface area (Å²) in [6.45, 7) is 8.17. The summed E-state index contributed by atoms with van der Waals surface area (Å²) in [6, 6.07) is 9.74. The minimum absolute atomic E-state index is 0.0195. The van der Waals surface area contributed by atoms with Crippen molar-refractivity contribution >= 4 is 29.2 Å². The highest BCUT2D eigenvalue weighted by Crippen LogP contribution is 2.47. The third-order valence-electron chi connectivity index (χ3n) is 7.85. The largest absolute Gasteiger partial charge is 0.330 e. The summed E-state index contributed by atoms with van der Waals surface area (Å²) in [5.74, 6) is 0.760. The lowest BCUT2D eigenvalue weighted by Crippen LogP contribution is -2.55. The van der Waals surface area contributed by atoms with Crippen LogP contribution < -0.4 is 10.6 Å². The van der Waals surface area contributed by atoms with Gasteiger partial charge < -0.3 is 15.5 Å². The molecule has 0 bridgehead atoms. The van der Waals surface area contributed by atoms with Gasteiger partial charge >= 0.3 is 0 Å². The molecule has 34 heavy (non-hydrogen) atoms. The average molecular weight is 461 g/mol. The Kier molecular flexibility index (Phi) is 5.26. The fourth-order valence-electron chi connectivity index (χ4n) is 5.89. The quantitative estimate of drug-likeness (QED) is 0.728. The summed E-state index contributed by atoms with van der Waals surface area (Å²) in [5, 5.41) is 5.91. The first-order chi connectivity index (χ1) is 16.1. The Morgan fingerprint density at radius 2 is 1.97 bits per heavy atom. The van der Waals surface area contributed by atoms with Crippen LogP contribution in [-0.4, -0.2) is 40.2 Å². The Labute approximate surface area is 200 Å². The third-order valence-corrected chi connectivity index (χ3v) is 7.85. The number of rotatable bonds is 4. The molecule has 7 heteroatoms. The number of likely N-dealkylation sites (tertiary alicyclic amines) is 1. The maximum atomic E-state index is 13.1. The van der Waals surface area contributed by atoms with Gasteiger partial charge in [-0.2, -0.15) is 0 Å². The van der Waals surface area contributed by atoms with E-state index in [4.69, 9.17) is 0 Å². The highest BCUT2D eigenvalue weighted by molar-refractivity contribution is 6.06. The van der Waals surface area contributed by atoms with Gasteiger partial charge in [0.1, 0.15) is 12.4 Å². The number of carbonyl (C=O) groups is 3. The fraction of sp³-hybridized carbons (Fsp3) is 0.481. The van der Waals surface area contributed by atoms with Crippen LogP contribution in [0.2, 0.25) is 0 Å². The lowest BCUT2D eigenvalue weighted by Gasteiger charge is -2.44. The average Bonchev–Trinajstić information content (AvgIpc) is 3.29. The molecular weight excluding hydrogens is 428 g/mol. The molecule has 3 amide bonds. The minimum atomic E-state index is -0.634. The number of benzene rings is 1. The van der Waals surface area contributed by atoms with Gasteiger partial charge in [0.15, 0.2) is 0 Å². The van der Waals surface area contributed by atoms with E-state index in [2.05, 4.69) is 29.5 Å². The summed E-state index contributed by atoms with van der Waals surface area (Å²) in [4.78, 5) is 45.1. The summed E-state index contributed by atoms with van der Waals surface area (Å²) in [6.07, 6.45) is 4.62. The summed E-state index contributed by atoms with van der Waals surface area (Å²) >= 11 is 0. The van der Waals surface area contributed by atoms with Gasteiger partial charge in [0.05, 0.1) is 5.41 Å². The van der Waals surface area contributed by atoms with Crippen LogP contribution in [0, 0.1) is 11.3 Å². The first-order valence-electron chi connectivity index (χ1n) is 12.1. The lowest BCUT2D eigenvalue weighted by atomic mass is 9.78. The molecule has 3 heterocycles. The van der Waals surface area contributed by atoms with E-state index in [1.807, 2.05) is 44.2 Å². The predicted molar refractivity (Wildman–Crippen MR) is 130 cm³/mol. The number of nitrogens with one attached hydrogen (secondary N) is 2. The highest BCUT2D eigenvalue weighted by Gasteiger charge is 2.51. The standard InChI is InChI=1S/C27H32N4O3/c1-16(2)21-9-10-26(3,4)25(34)31(21)15-22(32)29-19-8-7-17-13-27(14-18(17)12-19)20-6-5-11-28-23(20)30-24(27)33/h5-8,11-12,16,21H,9-10,13-15H2,1-4H3,(H,29,32)(H,28,30,33). The van der Waals surface area contributed by atoms with Crippen molar-refractivity contribution in [1.82, 2.24) is 9.88 Å². The van der Waals surface area contributed by atoms with Crippen molar-refractivity contribution in [2.24, 2.45) is 11.3 Å². The predicted octanol–water partition coefficient (Wildman–Crippen LogP) is 3.68. The van der Waals surface area contributed by atoms with Gasteiger partial charge in [-0.1, -0.05) is 39.8 Å². The number of nitrogens with zero attached hydrogens (tertiary/aromatic N) is 2. The van der Waals surface area contributed by atoms with Gasteiger partial charge in [0, 0.05) is 28.9 Å². The molecule has 2 aromatic rings. The Hall–Kier alpha value is -3.22. The Bertz CT molecular complexity index is 1190. The van der Waals surface area contributed by atoms with Crippen LogP contribution in [0.5, 0.6) is 0 Å². The van der Waals surface area contributed by atoms with Crippen molar-refractivity contribution < 1.29 is 14.4 Å². The van der Waals surface area contributed by atoms with Gasteiger partial charge in [0.25, 0.3) is 0 Å². The normalized spacial score (nSPS) is 24.9. The Morgan fingerprint density at radius 1 is 1.21 bits per heavy atom. The Morgan fingerprint density at radius 3 is 2.74 bits per heavy atom. The maximum absolute atomic E-state index is 13.1. The second-order valence-electron chi connectivity index (χ2n) is 11.0. The monoisotopic (exact) mass is 460 g/mol. The van der Waals surface area contributed by atoms with E-state index in [9.17, 15) is 14.4 Å². The molecule has 1 spiro atoms. The zero-order valence-electron chi connectivity index (χ0n) is 20.3. The van der Waals surface area contributed by atoms with Crippen molar-refractivity contribution in [2.45, 2.75) is 64.8 Å². The van der Waals surface area contributed by atoms with Gasteiger partial charge in [-0.05, 0) is 60.9 Å². The van der Waals surface area contributed by atoms with Crippen LogP contribution >= 0.6 is 0 Å². The van der Waals surface area contributed by atoms with Crippen molar-refractivity contribution in [2.75, 3.05) is 17.2 Å². The minimum Gasteiger partial charge on any atom is -0.330 e. The fourth-order valence-corrected chi connectivity index (χ4v) is 5.89. The van der Waals surface area contributed by atoms with Crippen LogP contribution in [0.3, 0.4) is 0 Å². The number of amides is 3. The van der Waals surface area contributed by atoms with Crippen LogP contribution in [0.4, 0.5) is 11.5 Å². The van der Waals surface area contributed by atoms with Crippen molar-refractivity contribution in [3.63, 3.8) is 0 Å². The zero-order valence-corrected chi connectivity index (χ0v) is 20.3. The number of hydrogen-bond acceptors (Lipinski definition) is 4. The van der Waals surface area contributed by atoms with Crippen LogP contribution in [0.1, 0.15) is 57.2 Å². The van der Waals surface area contributed by atoms with Crippen molar-refractivity contribution in [1.29, 1.82) is 0 Å². The molecule has 1 aliphatic carbocycles. The van der Waals surface area contributed by atoms with Gasteiger partial charge in [-0.15, -0.1) is 0 Å². The maximum Gasteiger partial charge on any atom is 0.244 e. The molecule has 1 aromatic carbocycles. The second-order valence-corrected chi connectivity index (χ2v) is 11.0. The van der Waals surface area contributed by atoms with E-state index in [1.165, 1.54) is 0 Å². The van der Waals surface area contributed by atoms with Crippen LogP contribution in [0.15, 0.2) is 36.5 Å². The molecule has 2 aliphatic heterocycles. The Balaban J connectivity index is 1.32. The number of anilines is 2. The van der Waals surface area contributed by atoms with Gasteiger partial charge in [0.2, 0.25) is 17.7 Å². The van der Waals surface area contributed by atoms with Crippen molar-refractivity contribution in [3.8, 4) is 0 Å². The van der Waals surface area contributed by atoms with E-state index in [-0.39, 0.29) is 30.3 Å². The molecule has 2 N–H and O–H groups in total. The first-order valence-corrected chi connectivity index (χ1v) is 12.1. The number of fused-ring (bicyclic) bond motifs is 3. The van der Waals surface area contributed by atoms with E-state index >= 15 is 0 Å². The van der Waals surface area contributed by atoms with E-state index in [0.717, 1.165) is 29.5 Å². The number of aromatic nitrogens is 1. The van der Waals surface area contributed by atoms with E-state index < -0.39 is 10.8 Å². The molecule has 7 nitrogen and oxygen atoms in total. The van der Waals surface area contributed by atoms with E-state index in [1.54, 1.807) is 11.1 Å². The summed E-state index contributed by atoms with van der Waals surface area (Å²) in [7, 11) is 0. The summed E-state index contributed by atoms with van der Waals surface area (Å²) < 4.78 is 0. The molecule has 1 fully saturated rings. The molecule has 0 radical (unpaired) electrons. The van der Waals surface area contributed by atoms with E-state index in [0.29, 0.717) is 30.3 Å². The second kappa shape index (κ2) is 7.93. The third kappa shape index (κ3) is 3.58. The zero-order chi connectivity index (χ0) is 24.3. The van der Waals surface area contributed by atoms with Gasteiger partial charge in [-0.3, -0.25) is 14.4 Å². The van der Waals surface area contributed by atoms with Crippen molar-refractivity contribution in [3.05, 3.63) is 53.2 Å². The molecular formula is C27H32N4O3. The number of carbonyl (C=O) groups excluding carboxylic acids is 3. The highest BCUT2D eigenvalue weighted by atomic mass is 16.2. The SMILES string of the molecule is CC(C)C1CCC(C)(C)C(=O)N1CC(=O)Nc1ccc2c(c1)CC1(C2)C(=O)Nc2ncccc21. The van der Waals surface area contributed by atoms with Gasteiger partial charge in [-0.25, -0.2) is 4.98 Å². The number of pyridine rings is 1. The molecule has 5 rings (SSSR count). The topological polar surface area (TPSA) is 91.4 Å². The first kappa shape index (κ1) is 22.6. The molecule has 1 saturated heterocycles. The lowest BCUT2D eigenvalue weighted by molar-refractivity contribution is -0.151. The molecule has 2 unspecified atom stereocenters. The summed E-state index contributed by atoms with van der Waals surface area (Å²) in [5.41, 5.74) is 2.71. The molecule has 3 aliphatic rings. The van der Waals surface area contributed by atoms with Crippen LogP contribution in [-0.2, 0) is 32.6 Å². The smallest absolute Gasteiger partial charge is 0.244 e. The molecule has 2 atom stereocenters. The molecule has 178 valence electrons. The molecule has 1 aromatic heterocycles. The molecule has 0 saturated carbocycles. The number of piperidine rings is 1. The van der Waals surface area contributed by atoms with Crippen LogP contribution in [0.25, 0.3) is 0 Å². The number of hydrogen-bond donors (Lipinski definition) is 2.